The molecule has 1 N–H and O–H groups in total. The van der Waals surface area contributed by atoms with Crippen LogP contribution in [0.2, 0.25) is 0 Å². The third kappa shape index (κ3) is 5.59. The average Bonchev–Trinajstić information content (AvgIpc) is 3.21. The molecule has 1 fully saturated rings. The van der Waals surface area contributed by atoms with E-state index in [1.807, 2.05) is 68.4 Å². The maximum absolute atomic E-state index is 13.4. The lowest BCUT2D eigenvalue weighted by Gasteiger charge is -2.26. The zero-order valence-corrected chi connectivity index (χ0v) is 22.7. The molecule has 202 valence electrons. The van der Waals surface area contributed by atoms with Gasteiger partial charge in [0.1, 0.15) is 18.1 Å². The van der Waals surface area contributed by atoms with E-state index in [2.05, 4.69) is 11.1 Å². The molecule has 1 atom stereocenters. The van der Waals surface area contributed by atoms with Crippen molar-refractivity contribution in [3.05, 3.63) is 131 Å². The van der Waals surface area contributed by atoms with Crippen molar-refractivity contribution in [1.82, 2.24) is 9.88 Å². The Bertz CT molecular complexity index is 1550. The highest BCUT2D eigenvalue weighted by Crippen LogP contribution is 2.40. The average molecular weight is 534 g/mol. The highest BCUT2D eigenvalue weighted by Gasteiger charge is 2.46. The Hall–Kier alpha value is -4.91. The number of aromatic nitrogens is 1. The summed E-state index contributed by atoms with van der Waals surface area (Å²) in [6, 6.07) is 25.5. The largest absolute Gasteiger partial charge is 0.507 e. The number of anilines is 1. The number of ketones is 1. The zero-order valence-electron chi connectivity index (χ0n) is 22.7. The molecule has 1 aliphatic rings. The number of carbonyl (C=O) groups excluding carboxylic acids is 2. The van der Waals surface area contributed by atoms with E-state index in [1.54, 1.807) is 48.8 Å². The molecule has 0 saturated carbocycles. The van der Waals surface area contributed by atoms with Crippen molar-refractivity contribution in [2.45, 2.75) is 26.1 Å². The Morgan fingerprint density at radius 1 is 0.925 bits per heavy atom. The molecule has 1 saturated heterocycles. The van der Waals surface area contributed by atoms with Gasteiger partial charge < -0.3 is 19.6 Å². The van der Waals surface area contributed by atoms with Gasteiger partial charge in [0.2, 0.25) is 0 Å². The normalized spacial score (nSPS) is 16.3. The van der Waals surface area contributed by atoms with E-state index >= 15 is 0 Å². The summed E-state index contributed by atoms with van der Waals surface area (Å²) in [7, 11) is 3.89. The summed E-state index contributed by atoms with van der Waals surface area (Å²) in [6.45, 7) is 2.65. The van der Waals surface area contributed by atoms with Gasteiger partial charge in [-0.3, -0.25) is 14.6 Å². The minimum atomic E-state index is -0.748. The molecule has 7 nitrogen and oxygen atoms in total. The summed E-state index contributed by atoms with van der Waals surface area (Å²) in [5.74, 6) is -0.958. The van der Waals surface area contributed by atoms with Gasteiger partial charge in [-0.15, -0.1) is 0 Å². The second kappa shape index (κ2) is 11.5. The van der Waals surface area contributed by atoms with Crippen LogP contribution in [0.5, 0.6) is 5.75 Å². The number of likely N-dealkylation sites (tertiary alicyclic amines) is 1. The summed E-state index contributed by atoms with van der Waals surface area (Å²) in [5.41, 5.74) is 5.26. The van der Waals surface area contributed by atoms with E-state index in [-0.39, 0.29) is 17.9 Å². The number of nitrogens with zero attached hydrogens (tertiary/aromatic N) is 3. The van der Waals surface area contributed by atoms with E-state index in [0.717, 1.165) is 27.9 Å². The van der Waals surface area contributed by atoms with Crippen molar-refractivity contribution >= 4 is 23.1 Å². The van der Waals surface area contributed by atoms with Gasteiger partial charge in [0.15, 0.2) is 0 Å². The van der Waals surface area contributed by atoms with Gasteiger partial charge in [-0.05, 0) is 72.1 Å². The topological polar surface area (TPSA) is 83.0 Å². The Balaban J connectivity index is 1.48. The zero-order chi connectivity index (χ0) is 28.2. The highest BCUT2D eigenvalue weighted by atomic mass is 16.5. The van der Waals surface area contributed by atoms with Crippen molar-refractivity contribution in [2.24, 2.45) is 0 Å². The monoisotopic (exact) mass is 533 g/mol. The second-order valence-electron chi connectivity index (χ2n) is 10.1. The molecule has 0 aliphatic carbocycles. The minimum absolute atomic E-state index is 0.0603. The number of amides is 1. The van der Waals surface area contributed by atoms with E-state index in [4.69, 9.17) is 4.74 Å². The van der Waals surface area contributed by atoms with Crippen molar-refractivity contribution in [2.75, 3.05) is 19.0 Å². The third-order valence-electron chi connectivity index (χ3n) is 6.98. The molecule has 0 bridgehead atoms. The minimum Gasteiger partial charge on any atom is -0.507 e. The van der Waals surface area contributed by atoms with Crippen LogP contribution in [0.15, 0.2) is 103 Å². The molecular weight excluding hydrogens is 502 g/mol. The fourth-order valence-electron chi connectivity index (χ4n) is 4.86. The summed E-state index contributed by atoms with van der Waals surface area (Å²) < 4.78 is 5.91. The van der Waals surface area contributed by atoms with Gasteiger partial charge in [0.05, 0.1) is 11.6 Å². The molecule has 7 heteroatoms. The molecule has 1 aromatic heterocycles. The van der Waals surface area contributed by atoms with Crippen LogP contribution in [0.1, 0.15) is 33.9 Å². The van der Waals surface area contributed by atoms with E-state index in [0.29, 0.717) is 17.9 Å². The second-order valence-corrected chi connectivity index (χ2v) is 10.1. The standard InChI is InChI=1S/C33H31N3O4/c1-22-5-4-6-24(19-22)21-40-28-13-9-26(10-14-28)31(37)29-30(25-7-11-27(12-8-25)35(2)3)36(33(39)32(29)38)20-23-15-17-34-18-16-23/h4-19,30,37H,20-21H2,1-3H3/b31-29-. The Morgan fingerprint density at radius 2 is 1.62 bits per heavy atom. The molecule has 2 heterocycles. The molecule has 0 spiro atoms. The first-order valence-corrected chi connectivity index (χ1v) is 13.0. The summed E-state index contributed by atoms with van der Waals surface area (Å²) in [6.07, 6.45) is 3.30. The lowest BCUT2D eigenvalue weighted by Crippen LogP contribution is -2.29. The molecule has 1 aliphatic heterocycles. The highest BCUT2D eigenvalue weighted by molar-refractivity contribution is 6.46. The van der Waals surface area contributed by atoms with Gasteiger partial charge in [-0.2, -0.15) is 0 Å². The van der Waals surface area contributed by atoms with E-state index in [1.165, 1.54) is 4.90 Å². The molecular formula is C33H31N3O4. The Kier molecular flexibility index (Phi) is 7.64. The number of aliphatic hydroxyl groups excluding tert-OH is 1. The number of aryl methyl sites for hydroxylation is 1. The molecule has 5 rings (SSSR count). The number of aliphatic hydroxyl groups is 1. The number of benzene rings is 3. The number of rotatable bonds is 8. The molecule has 3 aromatic carbocycles. The van der Waals surface area contributed by atoms with Crippen LogP contribution in [0.4, 0.5) is 5.69 Å². The van der Waals surface area contributed by atoms with Crippen LogP contribution in [-0.2, 0) is 22.7 Å². The Labute approximate surface area is 234 Å². The number of ether oxygens (including phenoxy) is 1. The van der Waals surface area contributed by atoms with Crippen LogP contribution in [0.25, 0.3) is 5.76 Å². The van der Waals surface area contributed by atoms with Crippen LogP contribution in [-0.4, -0.2) is 40.8 Å². The fourth-order valence-corrected chi connectivity index (χ4v) is 4.86. The number of carbonyl (C=O) groups is 2. The summed E-state index contributed by atoms with van der Waals surface area (Å²) in [4.78, 5) is 34.2. The van der Waals surface area contributed by atoms with Crippen molar-refractivity contribution in [3.8, 4) is 5.75 Å². The van der Waals surface area contributed by atoms with Gasteiger partial charge >= 0.3 is 0 Å². The molecule has 1 amide bonds. The van der Waals surface area contributed by atoms with Crippen LogP contribution in [0, 0.1) is 6.92 Å². The van der Waals surface area contributed by atoms with Gasteiger partial charge in [0.25, 0.3) is 11.7 Å². The fraction of sp³-hybridized carbons (Fsp3) is 0.182. The lowest BCUT2D eigenvalue weighted by molar-refractivity contribution is -0.140. The van der Waals surface area contributed by atoms with Gasteiger partial charge in [-0.1, -0.05) is 42.0 Å². The molecule has 40 heavy (non-hydrogen) atoms. The predicted molar refractivity (Wildman–Crippen MR) is 155 cm³/mol. The Morgan fingerprint density at radius 3 is 2.27 bits per heavy atom. The predicted octanol–water partition coefficient (Wildman–Crippen LogP) is 5.66. The maximum Gasteiger partial charge on any atom is 0.295 e. The smallest absolute Gasteiger partial charge is 0.295 e. The van der Waals surface area contributed by atoms with Crippen LogP contribution < -0.4 is 9.64 Å². The molecule has 4 aromatic rings. The van der Waals surface area contributed by atoms with E-state index < -0.39 is 17.7 Å². The van der Waals surface area contributed by atoms with Crippen LogP contribution in [0.3, 0.4) is 0 Å². The maximum atomic E-state index is 13.4. The van der Waals surface area contributed by atoms with Crippen molar-refractivity contribution < 1.29 is 19.4 Å². The summed E-state index contributed by atoms with van der Waals surface area (Å²) in [5, 5.41) is 11.4. The lowest BCUT2D eigenvalue weighted by atomic mass is 9.95. The number of Topliss-reactive ketones (excluding diaryl/α,β-unsaturated/α-hetero) is 1. The first kappa shape index (κ1) is 26.7. The van der Waals surface area contributed by atoms with Gasteiger partial charge in [-0.25, -0.2) is 0 Å². The SMILES string of the molecule is Cc1cccc(COc2ccc(/C(O)=C3/C(=O)C(=O)N(Cc4ccncc4)C3c3ccc(N(C)C)cc3)cc2)c1. The third-order valence-corrected chi connectivity index (χ3v) is 6.98. The van der Waals surface area contributed by atoms with Crippen molar-refractivity contribution in [3.63, 3.8) is 0 Å². The first-order chi connectivity index (χ1) is 19.3. The number of hydrogen-bond donors (Lipinski definition) is 1. The van der Waals surface area contributed by atoms with E-state index in [9.17, 15) is 14.7 Å². The van der Waals surface area contributed by atoms with Gasteiger partial charge in [0, 0.05) is 44.3 Å². The first-order valence-electron chi connectivity index (χ1n) is 13.0. The van der Waals surface area contributed by atoms with Crippen molar-refractivity contribution in [1.29, 1.82) is 0 Å². The molecule has 1 unspecified atom stereocenters. The number of hydrogen-bond acceptors (Lipinski definition) is 6. The molecule has 0 radical (unpaired) electrons. The van der Waals surface area contributed by atoms with Crippen LogP contribution >= 0.6 is 0 Å². The number of pyridine rings is 1. The quantitative estimate of drug-likeness (QED) is 0.179. The summed E-state index contributed by atoms with van der Waals surface area (Å²) >= 11 is 0.